The van der Waals surface area contributed by atoms with Gasteiger partial charge in [0.1, 0.15) is 5.82 Å². The van der Waals surface area contributed by atoms with Crippen LogP contribution in [0.1, 0.15) is 24.2 Å². The largest absolute Gasteiger partial charge is 0.354 e. The predicted octanol–water partition coefficient (Wildman–Crippen LogP) is 2.37. The van der Waals surface area contributed by atoms with Crippen molar-refractivity contribution in [1.82, 2.24) is 15.3 Å². The van der Waals surface area contributed by atoms with Crippen LogP contribution in [0.5, 0.6) is 0 Å². The quantitative estimate of drug-likeness (QED) is 0.873. The Bertz CT molecular complexity index is 551. The molecule has 0 aromatic carbocycles. The molecule has 0 radical (unpaired) electrons. The number of aromatic nitrogens is 2. The predicted molar refractivity (Wildman–Crippen MR) is 80.4 cm³/mol. The maximum absolute atomic E-state index is 4.70. The van der Waals surface area contributed by atoms with E-state index in [-0.39, 0.29) is 0 Å². The van der Waals surface area contributed by atoms with E-state index in [9.17, 15) is 0 Å². The molecular formula is C16H20N4. The fraction of sp³-hybridized carbons (Fsp3) is 0.375. The van der Waals surface area contributed by atoms with Crippen LogP contribution in [0.4, 0.5) is 5.82 Å². The van der Waals surface area contributed by atoms with Gasteiger partial charge in [-0.2, -0.15) is 0 Å². The van der Waals surface area contributed by atoms with Gasteiger partial charge in [0.2, 0.25) is 0 Å². The molecule has 0 amide bonds. The number of rotatable bonds is 6. The van der Waals surface area contributed by atoms with Crippen LogP contribution in [0, 0.1) is 0 Å². The molecule has 2 heterocycles. The van der Waals surface area contributed by atoms with Gasteiger partial charge >= 0.3 is 0 Å². The maximum Gasteiger partial charge on any atom is 0.128 e. The zero-order valence-electron chi connectivity index (χ0n) is 11.8. The Morgan fingerprint density at radius 2 is 2.00 bits per heavy atom. The van der Waals surface area contributed by atoms with Gasteiger partial charge in [0.25, 0.3) is 0 Å². The minimum absolute atomic E-state index is 0.715. The Labute approximate surface area is 119 Å². The van der Waals surface area contributed by atoms with Gasteiger partial charge in [-0.1, -0.05) is 12.1 Å². The van der Waals surface area contributed by atoms with Crippen LogP contribution in [0.2, 0.25) is 0 Å². The van der Waals surface area contributed by atoms with Crippen molar-refractivity contribution < 1.29 is 0 Å². The third-order valence-corrected chi connectivity index (χ3v) is 3.46. The Hall–Kier alpha value is -1.94. The zero-order valence-corrected chi connectivity index (χ0v) is 11.8. The van der Waals surface area contributed by atoms with Gasteiger partial charge in [-0.25, -0.2) is 4.98 Å². The normalized spacial score (nSPS) is 14.2. The molecule has 0 bridgehead atoms. The lowest BCUT2D eigenvalue weighted by Crippen LogP contribution is -2.20. The van der Waals surface area contributed by atoms with E-state index in [0.29, 0.717) is 6.04 Å². The molecule has 1 N–H and O–H groups in total. The monoisotopic (exact) mass is 268 g/mol. The molecule has 1 fully saturated rings. The van der Waals surface area contributed by atoms with E-state index < -0.39 is 0 Å². The lowest BCUT2D eigenvalue weighted by atomic mass is 10.3. The fourth-order valence-corrected chi connectivity index (χ4v) is 2.13. The summed E-state index contributed by atoms with van der Waals surface area (Å²) >= 11 is 0. The highest BCUT2D eigenvalue weighted by molar-refractivity contribution is 5.38. The summed E-state index contributed by atoms with van der Waals surface area (Å²) in [5, 5.41) is 3.50. The molecular weight excluding hydrogens is 248 g/mol. The molecule has 3 rings (SSSR count). The topological polar surface area (TPSA) is 41.1 Å². The SMILES string of the molecule is CN(Cc1ccccn1)c1cccc(CNC2CC2)n1. The van der Waals surface area contributed by atoms with Gasteiger partial charge < -0.3 is 10.2 Å². The lowest BCUT2D eigenvalue weighted by Gasteiger charge is -2.18. The first-order valence-corrected chi connectivity index (χ1v) is 7.11. The third-order valence-electron chi connectivity index (χ3n) is 3.46. The molecule has 2 aromatic heterocycles. The molecule has 1 saturated carbocycles. The first-order valence-electron chi connectivity index (χ1n) is 7.11. The van der Waals surface area contributed by atoms with Crippen molar-refractivity contribution in [3.05, 3.63) is 54.0 Å². The number of hydrogen-bond acceptors (Lipinski definition) is 4. The summed E-state index contributed by atoms with van der Waals surface area (Å²) < 4.78 is 0. The van der Waals surface area contributed by atoms with Crippen LogP contribution in [-0.2, 0) is 13.1 Å². The molecule has 0 aliphatic heterocycles. The standard InChI is InChI=1S/C16H20N4/c1-20(12-15-5-2-3-10-17-15)16-7-4-6-14(19-16)11-18-13-8-9-13/h2-7,10,13,18H,8-9,11-12H2,1H3. The second-order valence-electron chi connectivity index (χ2n) is 5.32. The molecule has 1 aliphatic carbocycles. The van der Waals surface area contributed by atoms with E-state index in [1.54, 1.807) is 0 Å². The summed E-state index contributed by atoms with van der Waals surface area (Å²) in [4.78, 5) is 11.2. The molecule has 0 spiro atoms. The minimum atomic E-state index is 0.715. The zero-order chi connectivity index (χ0) is 13.8. The molecule has 0 unspecified atom stereocenters. The average Bonchev–Trinajstić information content (AvgIpc) is 3.31. The van der Waals surface area contributed by atoms with Gasteiger partial charge in [0.15, 0.2) is 0 Å². The van der Waals surface area contributed by atoms with Crippen LogP contribution in [0.3, 0.4) is 0 Å². The summed E-state index contributed by atoms with van der Waals surface area (Å²) in [5.74, 6) is 0.991. The van der Waals surface area contributed by atoms with Crippen LogP contribution < -0.4 is 10.2 Å². The Morgan fingerprint density at radius 3 is 2.75 bits per heavy atom. The Balaban J connectivity index is 1.64. The van der Waals surface area contributed by atoms with Crippen molar-refractivity contribution in [2.75, 3.05) is 11.9 Å². The lowest BCUT2D eigenvalue weighted by molar-refractivity contribution is 0.673. The van der Waals surface area contributed by atoms with Gasteiger partial charge in [-0.05, 0) is 37.1 Å². The van der Waals surface area contributed by atoms with Crippen LogP contribution in [0.25, 0.3) is 0 Å². The molecule has 0 atom stereocenters. The average molecular weight is 268 g/mol. The van der Waals surface area contributed by atoms with Crippen molar-refractivity contribution in [1.29, 1.82) is 0 Å². The molecule has 4 heteroatoms. The smallest absolute Gasteiger partial charge is 0.128 e. The van der Waals surface area contributed by atoms with E-state index in [4.69, 9.17) is 4.98 Å². The van der Waals surface area contributed by atoms with Crippen molar-refractivity contribution in [2.45, 2.75) is 32.0 Å². The molecule has 2 aromatic rings. The first-order chi connectivity index (χ1) is 9.81. The number of hydrogen-bond donors (Lipinski definition) is 1. The van der Waals surface area contributed by atoms with E-state index in [0.717, 1.165) is 30.3 Å². The highest BCUT2D eigenvalue weighted by Crippen LogP contribution is 2.19. The molecule has 20 heavy (non-hydrogen) atoms. The summed E-state index contributed by atoms with van der Waals surface area (Å²) in [6.45, 7) is 1.63. The fourth-order valence-electron chi connectivity index (χ4n) is 2.13. The van der Waals surface area contributed by atoms with Crippen LogP contribution >= 0.6 is 0 Å². The Kier molecular flexibility index (Phi) is 3.92. The van der Waals surface area contributed by atoms with Gasteiger partial charge in [-0.3, -0.25) is 4.98 Å². The first kappa shape index (κ1) is 13.1. The van der Waals surface area contributed by atoms with Crippen LogP contribution in [0.15, 0.2) is 42.6 Å². The van der Waals surface area contributed by atoms with Gasteiger partial charge in [-0.15, -0.1) is 0 Å². The summed E-state index contributed by atoms with van der Waals surface area (Å²) in [5.41, 5.74) is 2.15. The van der Waals surface area contributed by atoms with E-state index >= 15 is 0 Å². The van der Waals surface area contributed by atoms with E-state index in [1.807, 2.05) is 30.5 Å². The van der Waals surface area contributed by atoms with Crippen molar-refractivity contribution in [3.63, 3.8) is 0 Å². The second-order valence-corrected chi connectivity index (χ2v) is 5.32. The molecule has 1 aliphatic rings. The minimum Gasteiger partial charge on any atom is -0.354 e. The summed E-state index contributed by atoms with van der Waals surface area (Å²) in [7, 11) is 2.05. The third kappa shape index (κ3) is 3.54. The Morgan fingerprint density at radius 1 is 1.15 bits per heavy atom. The van der Waals surface area contributed by atoms with Gasteiger partial charge in [0.05, 0.1) is 17.9 Å². The van der Waals surface area contributed by atoms with Crippen molar-refractivity contribution >= 4 is 5.82 Å². The van der Waals surface area contributed by atoms with Crippen LogP contribution in [-0.4, -0.2) is 23.1 Å². The highest BCUT2D eigenvalue weighted by atomic mass is 15.2. The molecule has 0 saturated heterocycles. The van der Waals surface area contributed by atoms with Gasteiger partial charge in [0, 0.05) is 25.8 Å². The van der Waals surface area contributed by atoms with Crippen molar-refractivity contribution in [2.24, 2.45) is 0 Å². The maximum atomic E-state index is 4.70. The molecule has 4 nitrogen and oxygen atoms in total. The summed E-state index contributed by atoms with van der Waals surface area (Å²) in [6.07, 6.45) is 4.44. The number of nitrogens with one attached hydrogen (secondary N) is 1. The summed E-state index contributed by atoms with van der Waals surface area (Å²) in [6, 6.07) is 12.9. The number of pyridine rings is 2. The van der Waals surface area contributed by atoms with Crippen molar-refractivity contribution in [3.8, 4) is 0 Å². The highest BCUT2D eigenvalue weighted by Gasteiger charge is 2.20. The molecule has 104 valence electrons. The van der Waals surface area contributed by atoms with E-state index in [2.05, 4.69) is 34.4 Å². The second kappa shape index (κ2) is 6.01. The number of anilines is 1. The van der Waals surface area contributed by atoms with E-state index in [1.165, 1.54) is 12.8 Å². The number of nitrogens with zero attached hydrogens (tertiary/aromatic N) is 3.